The van der Waals surface area contributed by atoms with Gasteiger partial charge in [0.1, 0.15) is 18.2 Å². The Labute approximate surface area is 188 Å². The van der Waals surface area contributed by atoms with Crippen LogP contribution < -0.4 is 10.1 Å². The van der Waals surface area contributed by atoms with E-state index in [1.807, 2.05) is 79.7 Å². The first-order valence-electron chi connectivity index (χ1n) is 10.8. The lowest BCUT2D eigenvalue weighted by Gasteiger charge is -2.13. The molecule has 162 valence electrons. The molecular formula is C27H27N3O2. The van der Waals surface area contributed by atoms with E-state index >= 15 is 0 Å². The van der Waals surface area contributed by atoms with Crippen molar-refractivity contribution in [3.8, 4) is 5.75 Å². The second-order valence-corrected chi connectivity index (χ2v) is 7.67. The van der Waals surface area contributed by atoms with Crippen LogP contribution in [-0.4, -0.2) is 22.1 Å². The Morgan fingerprint density at radius 2 is 1.91 bits per heavy atom. The van der Waals surface area contributed by atoms with Crippen molar-refractivity contribution in [1.29, 1.82) is 0 Å². The molecule has 4 rings (SSSR count). The molecule has 32 heavy (non-hydrogen) atoms. The fourth-order valence-electron chi connectivity index (χ4n) is 3.77. The van der Waals surface area contributed by atoms with Gasteiger partial charge in [0.15, 0.2) is 0 Å². The lowest BCUT2D eigenvalue weighted by atomic mass is 10.1. The number of carbonyl (C=O) groups excluding carboxylic acids is 1. The summed E-state index contributed by atoms with van der Waals surface area (Å²) in [7, 11) is 0. The predicted molar refractivity (Wildman–Crippen MR) is 128 cm³/mol. The Balaban J connectivity index is 1.49. The summed E-state index contributed by atoms with van der Waals surface area (Å²) in [5, 5.41) is 3.00. The van der Waals surface area contributed by atoms with Crippen molar-refractivity contribution in [1.82, 2.24) is 14.9 Å². The zero-order valence-corrected chi connectivity index (χ0v) is 18.3. The number of aryl methyl sites for hydroxylation is 1. The van der Waals surface area contributed by atoms with Crippen LogP contribution in [0.15, 0.2) is 85.5 Å². The highest BCUT2D eigenvalue weighted by Crippen LogP contribution is 2.20. The van der Waals surface area contributed by atoms with Crippen LogP contribution in [0.3, 0.4) is 0 Å². The second-order valence-electron chi connectivity index (χ2n) is 7.67. The molecule has 0 atom stereocenters. The maximum atomic E-state index is 12.6. The summed E-state index contributed by atoms with van der Waals surface area (Å²) >= 11 is 0. The largest absolute Gasteiger partial charge is 0.491 e. The lowest BCUT2D eigenvalue weighted by Crippen LogP contribution is -2.25. The molecule has 3 aromatic carbocycles. The molecule has 0 spiro atoms. The highest BCUT2D eigenvalue weighted by Gasteiger charge is 2.13. The zero-order chi connectivity index (χ0) is 22.3. The average Bonchev–Trinajstić information content (AvgIpc) is 3.16. The summed E-state index contributed by atoms with van der Waals surface area (Å²) < 4.78 is 8.20. The number of benzene rings is 3. The topological polar surface area (TPSA) is 56.1 Å². The third kappa shape index (κ3) is 4.89. The van der Waals surface area contributed by atoms with Crippen LogP contribution in [0.4, 0.5) is 0 Å². The summed E-state index contributed by atoms with van der Waals surface area (Å²) in [5.74, 6) is 1.56. The molecular weight excluding hydrogens is 398 g/mol. The number of fused-ring (bicyclic) bond motifs is 1. The third-order valence-electron chi connectivity index (χ3n) is 5.33. The van der Waals surface area contributed by atoms with Gasteiger partial charge in [0.2, 0.25) is 0 Å². The molecule has 0 aliphatic heterocycles. The van der Waals surface area contributed by atoms with Crippen LogP contribution in [0.1, 0.15) is 27.3 Å². The van der Waals surface area contributed by atoms with Gasteiger partial charge >= 0.3 is 0 Å². The van der Waals surface area contributed by atoms with Gasteiger partial charge in [0.25, 0.3) is 5.91 Å². The average molecular weight is 426 g/mol. The van der Waals surface area contributed by atoms with Crippen molar-refractivity contribution in [2.75, 3.05) is 6.61 Å². The Morgan fingerprint density at radius 3 is 2.75 bits per heavy atom. The van der Waals surface area contributed by atoms with Crippen LogP contribution in [0.2, 0.25) is 0 Å². The number of hydrogen-bond donors (Lipinski definition) is 1. The Kier molecular flexibility index (Phi) is 6.66. The maximum absolute atomic E-state index is 12.6. The molecule has 4 aromatic rings. The van der Waals surface area contributed by atoms with Crippen LogP contribution >= 0.6 is 0 Å². The van der Waals surface area contributed by atoms with Crippen molar-refractivity contribution in [3.05, 3.63) is 108 Å². The minimum atomic E-state index is -0.109. The number of imidazole rings is 1. The summed E-state index contributed by atoms with van der Waals surface area (Å²) in [6, 6.07) is 23.6. The van der Waals surface area contributed by atoms with Crippen molar-refractivity contribution in [2.24, 2.45) is 0 Å². The quantitative estimate of drug-likeness (QED) is 0.380. The highest BCUT2D eigenvalue weighted by atomic mass is 16.5. The fraction of sp³-hybridized carbons (Fsp3) is 0.185. The first-order valence-corrected chi connectivity index (χ1v) is 10.8. The molecule has 5 heteroatoms. The molecule has 0 unspecified atom stereocenters. The number of aromatic nitrogens is 2. The highest BCUT2D eigenvalue weighted by molar-refractivity contribution is 5.94. The van der Waals surface area contributed by atoms with Crippen LogP contribution in [0, 0.1) is 6.92 Å². The number of nitrogens with one attached hydrogen (secondary N) is 1. The number of amides is 1. The van der Waals surface area contributed by atoms with Crippen molar-refractivity contribution >= 4 is 16.9 Å². The van der Waals surface area contributed by atoms with E-state index in [4.69, 9.17) is 9.72 Å². The second kappa shape index (κ2) is 9.96. The van der Waals surface area contributed by atoms with E-state index in [1.54, 1.807) is 0 Å². The van der Waals surface area contributed by atoms with E-state index in [1.165, 1.54) is 0 Å². The van der Waals surface area contributed by atoms with Crippen molar-refractivity contribution < 1.29 is 9.53 Å². The van der Waals surface area contributed by atoms with Crippen LogP contribution in [0.25, 0.3) is 11.0 Å². The number of carbonyl (C=O) groups is 1. The molecule has 0 bridgehead atoms. The van der Waals surface area contributed by atoms with Gasteiger partial charge in [-0.1, -0.05) is 54.1 Å². The number of hydrogen-bond acceptors (Lipinski definition) is 3. The molecule has 1 amide bonds. The number of para-hydroxylation sites is 3. The Morgan fingerprint density at radius 1 is 1.09 bits per heavy atom. The SMILES string of the molecule is C=CCc1ccccc1OCCn1c(CNC(=O)c2cccc(C)c2)nc2ccccc21. The number of allylic oxidation sites excluding steroid dienone is 1. The van der Waals surface area contributed by atoms with E-state index in [9.17, 15) is 4.79 Å². The number of rotatable bonds is 9. The molecule has 0 radical (unpaired) electrons. The van der Waals surface area contributed by atoms with E-state index < -0.39 is 0 Å². The van der Waals surface area contributed by atoms with Crippen LogP contribution in [0.5, 0.6) is 5.75 Å². The Bertz CT molecular complexity index is 1240. The minimum Gasteiger partial charge on any atom is -0.491 e. The van der Waals surface area contributed by atoms with Crippen molar-refractivity contribution in [2.45, 2.75) is 26.4 Å². The molecule has 0 saturated heterocycles. The number of nitrogens with zero attached hydrogens (tertiary/aromatic N) is 2. The summed E-state index contributed by atoms with van der Waals surface area (Å²) in [4.78, 5) is 17.4. The first kappa shape index (κ1) is 21.4. The van der Waals surface area contributed by atoms with Gasteiger partial charge in [0, 0.05) is 5.56 Å². The van der Waals surface area contributed by atoms with Gasteiger partial charge in [0.05, 0.1) is 24.1 Å². The van der Waals surface area contributed by atoms with Gasteiger partial charge in [-0.15, -0.1) is 6.58 Å². The molecule has 1 heterocycles. The van der Waals surface area contributed by atoms with E-state index in [-0.39, 0.29) is 5.91 Å². The van der Waals surface area contributed by atoms with Gasteiger partial charge in [-0.3, -0.25) is 4.79 Å². The molecule has 1 N–H and O–H groups in total. The van der Waals surface area contributed by atoms with Gasteiger partial charge < -0.3 is 14.6 Å². The fourth-order valence-corrected chi connectivity index (χ4v) is 3.77. The molecule has 5 nitrogen and oxygen atoms in total. The van der Waals surface area contributed by atoms with Crippen LogP contribution in [-0.2, 0) is 19.5 Å². The van der Waals surface area contributed by atoms with Crippen molar-refractivity contribution in [3.63, 3.8) is 0 Å². The molecule has 0 saturated carbocycles. The van der Waals surface area contributed by atoms with E-state index in [0.717, 1.165) is 40.2 Å². The summed E-state index contributed by atoms with van der Waals surface area (Å²) in [5.41, 5.74) is 4.74. The Hall–Kier alpha value is -3.86. The first-order chi connectivity index (χ1) is 15.7. The van der Waals surface area contributed by atoms with Gasteiger partial charge in [-0.2, -0.15) is 0 Å². The number of ether oxygens (including phenoxy) is 1. The molecule has 0 aliphatic carbocycles. The monoisotopic (exact) mass is 425 g/mol. The third-order valence-corrected chi connectivity index (χ3v) is 5.33. The predicted octanol–water partition coefficient (Wildman–Crippen LogP) is 5.08. The van der Waals surface area contributed by atoms with Gasteiger partial charge in [-0.25, -0.2) is 4.98 Å². The standard InChI is InChI=1S/C27H27N3O2/c1-3-9-21-11-4-7-15-25(21)32-17-16-30-24-14-6-5-13-23(24)29-26(30)19-28-27(31)22-12-8-10-20(2)18-22/h3-8,10-15,18H,1,9,16-17,19H2,2H3,(H,28,31). The normalized spacial score (nSPS) is 10.8. The zero-order valence-electron chi connectivity index (χ0n) is 18.3. The van der Waals surface area contributed by atoms with E-state index in [2.05, 4.69) is 22.5 Å². The van der Waals surface area contributed by atoms with Gasteiger partial charge in [-0.05, 0) is 49.2 Å². The minimum absolute atomic E-state index is 0.109. The smallest absolute Gasteiger partial charge is 0.251 e. The van der Waals surface area contributed by atoms with E-state index in [0.29, 0.717) is 25.3 Å². The maximum Gasteiger partial charge on any atom is 0.251 e. The lowest BCUT2D eigenvalue weighted by molar-refractivity contribution is 0.0949. The molecule has 0 aliphatic rings. The molecule has 1 aromatic heterocycles. The molecule has 0 fully saturated rings. The summed E-state index contributed by atoms with van der Waals surface area (Å²) in [6.45, 7) is 7.26. The summed E-state index contributed by atoms with van der Waals surface area (Å²) in [6.07, 6.45) is 2.64.